The largest absolute Gasteiger partial charge is 0.491 e. The highest BCUT2D eigenvalue weighted by Crippen LogP contribution is 2.29. The van der Waals surface area contributed by atoms with Crippen molar-refractivity contribution in [3.05, 3.63) is 28.2 Å². The summed E-state index contributed by atoms with van der Waals surface area (Å²) < 4.78 is 30.0. The van der Waals surface area contributed by atoms with Crippen molar-refractivity contribution in [1.82, 2.24) is 5.32 Å². The zero-order valence-electron chi connectivity index (χ0n) is 12.7. The van der Waals surface area contributed by atoms with Gasteiger partial charge in [0.1, 0.15) is 12.4 Å². The van der Waals surface area contributed by atoms with Gasteiger partial charge in [0, 0.05) is 12.1 Å². The molecule has 4 nitrogen and oxygen atoms in total. The van der Waals surface area contributed by atoms with Crippen LogP contribution < -0.4 is 10.1 Å². The number of para-hydroxylation sites is 1. The summed E-state index contributed by atoms with van der Waals surface area (Å²) in [6.07, 6.45) is 1.71. The molecule has 1 aromatic rings. The maximum atomic E-state index is 11.7. The van der Waals surface area contributed by atoms with Crippen molar-refractivity contribution in [3.8, 4) is 5.75 Å². The molecule has 0 fully saturated rings. The predicted molar refractivity (Wildman–Crippen MR) is 90.6 cm³/mol. The van der Waals surface area contributed by atoms with Crippen LogP contribution in [-0.2, 0) is 16.4 Å². The molecule has 0 atom stereocenters. The van der Waals surface area contributed by atoms with Gasteiger partial charge in [0.05, 0.1) is 16.0 Å². The molecule has 1 N–H and O–H groups in total. The van der Waals surface area contributed by atoms with Gasteiger partial charge in [-0.25, -0.2) is 8.42 Å². The number of benzene rings is 1. The summed E-state index contributed by atoms with van der Waals surface area (Å²) in [7, 11) is -3.00. The second-order valence-corrected chi connectivity index (χ2v) is 8.06. The minimum Gasteiger partial charge on any atom is -0.491 e. The van der Waals surface area contributed by atoms with Crippen LogP contribution in [0.15, 0.2) is 22.7 Å². The highest BCUT2D eigenvalue weighted by molar-refractivity contribution is 9.10. The Bertz CT molecular complexity index is 532. The number of ether oxygens (including phenoxy) is 1. The van der Waals surface area contributed by atoms with E-state index in [2.05, 4.69) is 28.2 Å². The van der Waals surface area contributed by atoms with Crippen LogP contribution in [0.4, 0.5) is 0 Å². The quantitative estimate of drug-likeness (QED) is 0.636. The Morgan fingerprint density at radius 1 is 1.19 bits per heavy atom. The van der Waals surface area contributed by atoms with Crippen molar-refractivity contribution in [2.24, 2.45) is 0 Å². The molecule has 0 unspecified atom stereocenters. The molecule has 0 spiro atoms. The van der Waals surface area contributed by atoms with Crippen molar-refractivity contribution in [1.29, 1.82) is 0 Å². The number of nitrogens with one attached hydrogen (secondary N) is 1. The zero-order valence-corrected chi connectivity index (χ0v) is 15.1. The summed E-state index contributed by atoms with van der Waals surface area (Å²) in [4.78, 5) is 0. The third kappa shape index (κ3) is 6.80. The van der Waals surface area contributed by atoms with Crippen LogP contribution in [0.5, 0.6) is 5.75 Å². The number of sulfone groups is 1. The predicted octanol–water partition coefficient (Wildman–Crippen LogP) is 3.15. The second-order valence-electron chi connectivity index (χ2n) is 4.91. The SMILES string of the molecule is CCCNCc1cccc(Br)c1OCCS(=O)(=O)CCC. The van der Waals surface area contributed by atoms with E-state index in [4.69, 9.17) is 4.74 Å². The minimum atomic E-state index is -3.00. The van der Waals surface area contributed by atoms with Crippen molar-refractivity contribution in [2.75, 3.05) is 24.7 Å². The van der Waals surface area contributed by atoms with E-state index < -0.39 is 9.84 Å². The molecule has 0 bridgehead atoms. The van der Waals surface area contributed by atoms with E-state index >= 15 is 0 Å². The average Bonchev–Trinajstić information content (AvgIpc) is 2.41. The summed E-state index contributed by atoms with van der Waals surface area (Å²) in [5.74, 6) is 1.01. The normalized spacial score (nSPS) is 11.6. The summed E-state index contributed by atoms with van der Waals surface area (Å²) in [6, 6.07) is 5.84. The summed E-state index contributed by atoms with van der Waals surface area (Å²) >= 11 is 3.47. The number of rotatable bonds is 10. The maximum Gasteiger partial charge on any atom is 0.153 e. The van der Waals surface area contributed by atoms with Gasteiger partial charge in [-0.15, -0.1) is 0 Å². The Balaban J connectivity index is 2.65. The molecule has 1 rings (SSSR count). The molecule has 0 aliphatic heterocycles. The van der Waals surface area contributed by atoms with E-state index in [1.165, 1.54) is 0 Å². The molecule has 0 aromatic heterocycles. The molecule has 0 heterocycles. The standard InChI is InChI=1S/C15H24BrNO3S/c1-3-8-17-12-13-6-5-7-14(16)15(13)20-9-11-21(18,19)10-4-2/h5-7,17H,3-4,8-12H2,1-2H3. The van der Waals surface area contributed by atoms with E-state index in [0.717, 1.165) is 28.8 Å². The van der Waals surface area contributed by atoms with E-state index in [-0.39, 0.29) is 18.1 Å². The average molecular weight is 378 g/mol. The minimum absolute atomic E-state index is 0.0595. The fourth-order valence-electron chi connectivity index (χ4n) is 1.94. The van der Waals surface area contributed by atoms with E-state index in [9.17, 15) is 8.42 Å². The first kappa shape index (κ1) is 18.5. The Kier molecular flexibility index (Phi) is 8.29. The first-order valence-electron chi connectivity index (χ1n) is 7.31. The van der Waals surface area contributed by atoms with Gasteiger partial charge in [-0.05, 0) is 41.4 Å². The topological polar surface area (TPSA) is 55.4 Å². The smallest absolute Gasteiger partial charge is 0.153 e. The van der Waals surface area contributed by atoms with Gasteiger partial charge in [0.2, 0.25) is 0 Å². The van der Waals surface area contributed by atoms with Crippen LogP contribution in [0.25, 0.3) is 0 Å². The lowest BCUT2D eigenvalue weighted by atomic mass is 10.2. The van der Waals surface area contributed by atoms with Crippen LogP contribution in [0.1, 0.15) is 32.3 Å². The van der Waals surface area contributed by atoms with Crippen molar-refractivity contribution >= 4 is 25.8 Å². The molecule has 0 aliphatic rings. The molecular weight excluding hydrogens is 354 g/mol. The van der Waals surface area contributed by atoms with Gasteiger partial charge in [0.25, 0.3) is 0 Å². The third-order valence-electron chi connectivity index (χ3n) is 2.95. The number of hydrogen-bond acceptors (Lipinski definition) is 4. The van der Waals surface area contributed by atoms with Gasteiger partial charge in [-0.2, -0.15) is 0 Å². The van der Waals surface area contributed by atoms with Crippen LogP contribution in [-0.4, -0.2) is 33.1 Å². The number of halogens is 1. The molecule has 0 aliphatic carbocycles. The first-order valence-corrected chi connectivity index (χ1v) is 9.93. The Morgan fingerprint density at radius 2 is 1.95 bits per heavy atom. The molecule has 120 valence electrons. The third-order valence-corrected chi connectivity index (χ3v) is 5.39. The highest BCUT2D eigenvalue weighted by atomic mass is 79.9. The van der Waals surface area contributed by atoms with Crippen LogP contribution in [0, 0.1) is 0 Å². The van der Waals surface area contributed by atoms with E-state index in [1.807, 2.05) is 25.1 Å². The fraction of sp³-hybridized carbons (Fsp3) is 0.600. The monoisotopic (exact) mass is 377 g/mol. The van der Waals surface area contributed by atoms with Crippen LogP contribution in [0.2, 0.25) is 0 Å². The molecule has 6 heteroatoms. The van der Waals surface area contributed by atoms with E-state index in [0.29, 0.717) is 13.0 Å². The summed E-state index contributed by atoms with van der Waals surface area (Å²) in [5, 5.41) is 3.33. The lowest BCUT2D eigenvalue weighted by Crippen LogP contribution is -2.18. The summed E-state index contributed by atoms with van der Waals surface area (Å²) in [5.41, 5.74) is 1.03. The molecular formula is C15H24BrNO3S. The molecule has 0 radical (unpaired) electrons. The molecule has 21 heavy (non-hydrogen) atoms. The van der Waals surface area contributed by atoms with Gasteiger partial charge < -0.3 is 10.1 Å². The Morgan fingerprint density at radius 3 is 2.62 bits per heavy atom. The summed E-state index contributed by atoms with van der Waals surface area (Å²) in [6.45, 7) is 5.82. The van der Waals surface area contributed by atoms with Crippen LogP contribution >= 0.6 is 15.9 Å². The Labute approximate surface area is 136 Å². The Hall–Kier alpha value is -0.590. The molecule has 0 saturated heterocycles. The lowest BCUT2D eigenvalue weighted by molar-refractivity contribution is 0.334. The van der Waals surface area contributed by atoms with E-state index in [1.54, 1.807) is 0 Å². The number of hydrogen-bond donors (Lipinski definition) is 1. The van der Waals surface area contributed by atoms with Gasteiger partial charge in [0.15, 0.2) is 9.84 Å². The van der Waals surface area contributed by atoms with Gasteiger partial charge in [-0.3, -0.25) is 0 Å². The fourth-order valence-corrected chi connectivity index (χ4v) is 3.62. The van der Waals surface area contributed by atoms with Gasteiger partial charge >= 0.3 is 0 Å². The van der Waals surface area contributed by atoms with Crippen LogP contribution in [0.3, 0.4) is 0 Å². The van der Waals surface area contributed by atoms with Crippen molar-refractivity contribution in [2.45, 2.75) is 33.2 Å². The van der Waals surface area contributed by atoms with Gasteiger partial charge in [-0.1, -0.05) is 26.0 Å². The van der Waals surface area contributed by atoms with Crippen molar-refractivity contribution in [3.63, 3.8) is 0 Å². The maximum absolute atomic E-state index is 11.7. The highest BCUT2D eigenvalue weighted by Gasteiger charge is 2.12. The van der Waals surface area contributed by atoms with Crippen molar-refractivity contribution < 1.29 is 13.2 Å². The molecule has 0 saturated carbocycles. The first-order chi connectivity index (χ1) is 10.00. The zero-order chi connectivity index (χ0) is 15.7. The molecule has 0 amide bonds. The second kappa shape index (κ2) is 9.43. The molecule has 1 aromatic carbocycles. The lowest BCUT2D eigenvalue weighted by Gasteiger charge is -2.14.